The molecule has 0 aromatic heterocycles. The molecule has 0 aliphatic rings. The van der Waals surface area contributed by atoms with Gasteiger partial charge in [0.25, 0.3) is 5.91 Å². The molecule has 2 rings (SSSR count). The van der Waals surface area contributed by atoms with Gasteiger partial charge in [-0.2, -0.15) is 0 Å². The van der Waals surface area contributed by atoms with Crippen LogP contribution in [-0.4, -0.2) is 12.0 Å². The maximum absolute atomic E-state index is 13.6. The van der Waals surface area contributed by atoms with Gasteiger partial charge in [-0.15, -0.1) is 0 Å². The van der Waals surface area contributed by atoms with Crippen LogP contribution < -0.4 is 10.1 Å². The van der Waals surface area contributed by atoms with Crippen molar-refractivity contribution in [3.63, 3.8) is 0 Å². The van der Waals surface area contributed by atoms with Crippen molar-refractivity contribution in [1.29, 1.82) is 0 Å². The highest BCUT2D eigenvalue weighted by Crippen LogP contribution is 2.19. The summed E-state index contributed by atoms with van der Waals surface area (Å²) in [6, 6.07) is 11.8. The minimum absolute atomic E-state index is 0.0876. The number of para-hydroxylation sites is 1. The summed E-state index contributed by atoms with van der Waals surface area (Å²) in [4.78, 5) is 12.3. The van der Waals surface area contributed by atoms with E-state index < -0.39 is 11.9 Å². The first-order valence-electron chi connectivity index (χ1n) is 7.30. The lowest BCUT2D eigenvalue weighted by atomic mass is 10.1. The number of benzene rings is 2. The Labute approximate surface area is 130 Å². The van der Waals surface area contributed by atoms with Gasteiger partial charge in [0.05, 0.1) is 0 Å². The Morgan fingerprint density at radius 3 is 2.55 bits per heavy atom. The van der Waals surface area contributed by atoms with E-state index in [1.807, 2.05) is 39.0 Å². The molecule has 3 nitrogen and oxygen atoms in total. The average molecular weight is 301 g/mol. The molecular weight excluding hydrogens is 281 g/mol. The highest BCUT2D eigenvalue weighted by Gasteiger charge is 2.20. The SMILES string of the molecule is CCC(Oc1ccccc1F)C(=O)Nc1ccc(C)c(C)c1. The average Bonchev–Trinajstić information content (AvgIpc) is 2.50. The molecule has 0 saturated heterocycles. The Kier molecular flexibility index (Phi) is 5.15. The van der Waals surface area contributed by atoms with Crippen LogP contribution in [-0.2, 0) is 4.79 Å². The monoisotopic (exact) mass is 301 g/mol. The summed E-state index contributed by atoms with van der Waals surface area (Å²) >= 11 is 0. The molecule has 1 unspecified atom stereocenters. The van der Waals surface area contributed by atoms with E-state index in [1.165, 1.54) is 12.1 Å². The third-order valence-corrected chi connectivity index (χ3v) is 3.54. The van der Waals surface area contributed by atoms with Gasteiger partial charge in [-0.25, -0.2) is 4.39 Å². The van der Waals surface area contributed by atoms with E-state index in [0.717, 1.165) is 11.1 Å². The van der Waals surface area contributed by atoms with Crippen molar-refractivity contribution < 1.29 is 13.9 Å². The smallest absolute Gasteiger partial charge is 0.265 e. The zero-order chi connectivity index (χ0) is 16.1. The molecule has 0 saturated carbocycles. The molecule has 116 valence electrons. The van der Waals surface area contributed by atoms with Crippen LogP contribution in [0.5, 0.6) is 5.75 Å². The van der Waals surface area contributed by atoms with Crippen LogP contribution in [0.4, 0.5) is 10.1 Å². The number of hydrogen-bond acceptors (Lipinski definition) is 2. The van der Waals surface area contributed by atoms with Gasteiger partial charge >= 0.3 is 0 Å². The Bertz CT molecular complexity index is 670. The summed E-state index contributed by atoms with van der Waals surface area (Å²) < 4.78 is 19.1. The Morgan fingerprint density at radius 2 is 1.91 bits per heavy atom. The fraction of sp³-hybridized carbons (Fsp3) is 0.278. The van der Waals surface area contributed by atoms with Gasteiger partial charge in [0.2, 0.25) is 0 Å². The van der Waals surface area contributed by atoms with Crippen LogP contribution in [0.25, 0.3) is 0 Å². The number of hydrogen-bond donors (Lipinski definition) is 1. The molecular formula is C18H20FNO2. The molecule has 0 bridgehead atoms. The van der Waals surface area contributed by atoms with Gasteiger partial charge in [0.15, 0.2) is 17.7 Å². The van der Waals surface area contributed by atoms with E-state index in [9.17, 15) is 9.18 Å². The lowest BCUT2D eigenvalue weighted by molar-refractivity contribution is -0.122. The normalized spacial score (nSPS) is 11.8. The minimum atomic E-state index is -0.737. The first-order chi connectivity index (χ1) is 10.5. The summed E-state index contributed by atoms with van der Waals surface area (Å²) in [6.07, 6.45) is -0.288. The van der Waals surface area contributed by atoms with E-state index in [1.54, 1.807) is 12.1 Å². The number of carbonyl (C=O) groups is 1. The van der Waals surface area contributed by atoms with E-state index in [-0.39, 0.29) is 11.7 Å². The van der Waals surface area contributed by atoms with Gasteiger partial charge in [-0.3, -0.25) is 4.79 Å². The quantitative estimate of drug-likeness (QED) is 0.897. The lowest BCUT2D eigenvalue weighted by Crippen LogP contribution is -2.32. The number of halogens is 1. The number of amides is 1. The maximum Gasteiger partial charge on any atom is 0.265 e. The second kappa shape index (κ2) is 7.07. The van der Waals surface area contributed by atoms with Crippen LogP contribution in [0.15, 0.2) is 42.5 Å². The van der Waals surface area contributed by atoms with Crippen LogP contribution in [0.2, 0.25) is 0 Å². The molecule has 2 aromatic carbocycles. The molecule has 1 N–H and O–H groups in total. The summed E-state index contributed by atoms with van der Waals surface area (Å²) in [5, 5.41) is 2.81. The molecule has 0 spiro atoms. The van der Waals surface area contributed by atoms with Gasteiger partial charge in [0.1, 0.15) is 0 Å². The van der Waals surface area contributed by atoms with E-state index >= 15 is 0 Å². The van der Waals surface area contributed by atoms with E-state index in [4.69, 9.17) is 4.74 Å². The summed E-state index contributed by atoms with van der Waals surface area (Å²) in [5.74, 6) is -0.668. The van der Waals surface area contributed by atoms with Crippen LogP contribution in [0.1, 0.15) is 24.5 Å². The largest absolute Gasteiger partial charge is 0.478 e. The van der Waals surface area contributed by atoms with Gasteiger partial charge in [-0.1, -0.05) is 25.1 Å². The van der Waals surface area contributed by atoms with Gasteiger partial charge < -0.3 is 10.1 Å². The van der Waals surface area contributed by atoms with Gasteiger partial charge in [0, 0.05) is 5.69 Å². The molecule has 1 atom stereocenters. The van der Waals surface area contributed by atoms with Crippen molar-refractivity contribution in [1.82, 2.24) is 0 Å². The van der Waals surface area contributed by atoms with Crippen molar-refractivity contribution in [3.8, 4) is 5.75 Å². The predicted molar refractivity (Wildman–Crippen MR) is 85.7 cm³/mol. The zero-order valence-corrected chi connectivity index (χ0v) is 13.0. The number of nitrogens with one attached hydrogen (secondary N) is 1. The molecule has 0 aliphatic heterocycles. The number of carbonyl (C=O) groups excluding carboxylic acids is 1. The third-order valence-electron chi connectivity index (χ3n) is 3.54. The van der Waals surface area contributed by atoms with E-state index in [2.05, 4.69) is 5.32 Å². The van der Waals surface area contributed by atoms with Crippen molar-refractivity contribution in [2.24, 2.45) is 0 Å². The number of anilines is 1. The summed E-state index contributed by atoms with van der Waals surface area (Å²) in [7, 11) is 0. The predicted octanol–water partition coefficient (Wildman–Crippen LogP) is 4.24. The minimum Gasteiger partial charge on any atom is -0.478 e. The fourth-order valence-electron chi connectivity index (χ4n) is 2.06. The fourth-order valence-corrected chi connectivity index (χ4v) is 2.06. The van der Waals surface area contributed by atoms with Crippen LogP contribution >= 0.6 is 0 Å². The third kappa shape index (κ3) is 3.85. The molecule has 1 amide bonds. The van der Waals surface area contributed by atoms with Crippen LogP contribution in [0.3, 0.4) is 0 Å². The molecule has 0 heterocycles. The van der Waals surface area contributed by atoms with Gasteiger partial charge in [-0.05, 0) is 55.7 Å². The second-order valence-corrected chi connectivity index (χ2v) is 5.23. The van der Waals surface area contributed by atoms with E-state index in [0.29, 0.717) is 12.1 Å². The topological polar surface area (TPSA) is 38.3 Å². The van der Waals surface area contributed by atoms with Crippen molar-refractivity contribution in [3.05, 3.63) is 59.4 Å². The second-order valence-electron chi connectivity index (χ2n) is 5.23. The number of ether oxygens (including phenoxy) is 1. The Morgan fingerprint density at radius 1 is 1.18 bits per heavy atom. The maximum atomic E-state index is 13.6. The molecule has 22 heavy (non-hydrogen) atoms. The lowest BCUT2D eigenvalue weighted by Gasteiger charge is -2.18. The Hall–Kier alpha value is -2.36. The number of rotatable bonds is 5. The first-order valence-corrected chi connectivity index (χ1v) is 7.30. The standard InChI is InChI=1S/C18H20FNO2/c1-4-16(22-17-8-6-5-7-15(17)19)18(21)20-14-10-9-12(2)13(3)11-14/h5-11,16H,4H2,1-3H3,(H,20,21). The van der Waals surface area contributed by atoms with Crippen molar-refractivity contribution in [2.75, 3.05) is 5.32 Å². The van der Waals surface area contributed by atoms with Crippen molar-refractivity contribution >= 4 is 11.6 Å². The van der Waals surface area contributed by atoms with Crippen molar-refractivity contribution in [2.45, 2.75) is 33.3 Å². The molecule has 0 fully saturated rings. The molecule has 0 aliphatic carbocycles. The highest BCUT2D eigenvalue weighted by molar-refractivity contribution is 5.94. The van der Waals surface area contributed by atoms with Crippen LogP contribution in [0, 0.1) is 19.7 Å². The molecule has 4 heteroatoms. The summed E-state index contributed by atoms with van der Waals surface area (Å²) in [5.41, 5.74) is 2.97. The number of aryl methyl sites for hydroxylation is 2. The highest BCUT2D eigenvalue weighted by atomic mass is 19.1. The summed E-state index contributed by atoms with van der Waals surface area (Å²) in [6.45, 7) is 5.82. The zero-order valence-electron chi connectivity index (χ0n) is 13.0. The first kappa shape index (κ1) is 16.0. The molecule has 2 aromatic rings. The Balaban J connectivity index is 2.08. The molecule has 0 radical (unpaired) electrons.